The summed E-state index contributed by atoms with van der Waals surface area (Å²) in [6, 6.07) is 13.5. The van der Waals surface area contributed by atoms with Gasteiger partial charge >= 0.3 is 0 Å². The van der Waals surface area contributed by atoms with Crippen molar-refractivity contribution in [3.63, 3.8) is 0 Å². The SMILES string of the molecule is O=C(c1ccsc1)N1CCc2c(nc3cc(-c4ccccc4)[nH]n3c2=O)C1. The summed E-state index contributed by atoms with van der Waals surface area (Å²) < 4.78 is 1.50. The number of nitrogens with one attached hydrogen (secondary N) is 1. The Morgan fingerprint density at radius 1 is 1.19 bits per heavy atom. The number of carbonyl (C=O) groups is 1. The van der Waals surface area contributed by atoms with Gasteiger partial charge in [-0.15, -0.1) is 0 Å². The fourth-order valence-electron chi connectivity index (χ4n) is 3.50. The third-order valence-electron chi connectivity index (χ3n) is 4.91. The van der Waals surface area contributed by atoms with Crippen molar-refractivity contribution >= 4 is 22.9 Å². The first-order valence-electron chi connectivity index (χ1n) is 8.71. The van der Waals surface area contributed by atoms with Crippen molar-refractivity contribution in [3.05, 3.63) is 80.4 Å². The van der Waals surface area contributed by atoms with Gasteiger partial charge in [0.25, 0.3) is 11.5 Å². The smallest absolute Gasteiger partial charge is 0.276 e. The Morgan fingerprint density at radius 2 is 2.04 bits per heavy atom. The molecule has 0 atom stereocenters. The molecule has 0 bridgehead atoms. The topological polar surface area (TPSA) is 70.5 Å². The van der Waals surface area contributed by atoms with Crippen LogP contribution >= 0.6 is 11.3 Å². The van der Waals surface area contributed by atoms with Gasteiger partial charge in [-0.1, -0.05) is 30.3 Å². The average molecular weight is 376 g/mol. The fourth-order valence-corrected chi connectivity index (χ4v) is 4.13. The molecule has 0 unspecified atom stereocenters. The van der Waals surface area contributed by atoms with Crippen molar-refractivity contribution in [2.24, 2.45) is 0 Å². The number of aromatic amines is 1. The molecule has 134 valence electrons. The number of nitrogens with zero attached hydrogens (tertiary/aromatic N) is 3. The van der Waals surface area contributed by atoms with Crippen molar-refractivity contribution in [3.8, 4) is 11.3 Å². The van der Waals surface area contributed by atoms with Crippen LogP contribution in [0.3, 0.4) is 0 Å². The number of H-pyrrole nitrogens is 1. The minimum Gasteiger partial charge on any atom is -0.332 e. The third kappa shape index (κ3) is 2.67. The molecule has 27 heavy (non-hydrogen) atoms. The van der Waals surface area contributed by atoms with Crippen molar-refractivity contribution < 1.29 is 4.79 Å². The highest BCUT2D eigenvalue weighted by atomic mass is 32.1. The molecule has 1 aliphatic heterocycles. The largest absolute Gasteiger partial charge is 0.332 e. The van der Waals surface area contributed by atoms with Crippen molar-refractivity contribution in [1.82, 2.24) is 19.5 Å². The van der Waals surface area contributed by atoms with Gasteiger partial charge in [-0.3, -0.25) is 14.7 Å². The Bertz CT molecular complexity index is 1190. The summed E-state index contributed by atoms with van der Waals surface area (Å²) in [5.74, 6) is -0.0112. The van der Waals surface area contributed by atoms with Crippen molar-refractivity contribution in [2.75, 3.05) is 6.54 Å². The van der Waals surface area contributed by atoms with Crippen LogP contribution in [0.2, 0.25) is 0 Å². The van der Waals surface area contributed by atoms with Crippen LogP contribution in [-0.4, -0.2) is 31.9 Å². The van der Waals surface area contributed by atoms with Crippen LogP contribution in [-0.2, 0) is 13.0 Å². The number of hydrogen-bond acceptors (Lipinski definition) is 4. The van der Waals surface area contributed by atoms with E-state index in [1.54, 1.807) is 4.90 Å². The molecule has 1 amide bonds. The van der Waals surface area contributed by atoms with Crippen molar-refractivity contribution in [1.29, 1.82) is 0 Å². The van der Waals surface area contributed by atoms with E-state index in [0.29, 0.717) is 42.0 Å². The molecule has 4 heterocycles. The molecule has 3 aromatic heterocycles. The zero-order valence-corrected chi connectivity index (χ0v) is 15.2. The molecular formula is C20H16N4O2S. The van der Waals surface area contributed by atoms with E-state index >= 15 is 0 Å². The van der Waals surface area contributed by atoms with Gasteiger partial charge in [0, 0.05) is 23.6 Å². The van der Waals surface area contributed by atoms with E-state index in [1.165, 1.54) is 15.9 Å². The van der Waals surface area contributed by atoms with Gasteiger partial charge in [0.15, 0.2) is 5.65 Å². The lowest BCUT2D eigenvalue weighted by Crippen LogP contribution is -2.39. The zero-order valence-electron chi connectivity index (χ0n) is 14.4. The van der Waals surface area contributed by atoms with Crippen LogP contribution in [0.1, 0.15) is 21.6 Å². The molecule has 7 heteroatoms. The highest BCUT2D eigenvalue weighted by Crippen LogP contribution is 2.21. The molecule has 0 fully saturated rings. The molecule has 0 spiro atoms. The summed E-state index contributed by atoms with van der Waals surface area (Å²) >= 11 is 1.50. The molecule has 0 saturated heterocycles. The van der Waals surface area contributed by atoms with Crippen molar-refractivity contribution in [2.45, 2.75) is 13.0 Å². The first kappa shape index (κ1) is 16.0. The molecule has 0 saturated carbocycles. The number of thiophene rings is 1. The Kier molecular flexibility index (Phi) is 3.68. The molecule has 1 N–H and O–H groups in total. The highest BCUT2D eigenvalue weighted by molar-refractivity contribution is 7.08. The molecule has 0 radical (unpaired) electrons. The lowest BCUT2D eigenvalue weighted by Gasteiger charge is -2.27. The first-order valence-corrected chi connectivity index (χ1v) is 9.65. The highest BCUT2D eigenvalue weighted by Gasteiger charge is 2.26. The fraction of sp³-hybridized carbons (Fsp3) is 0.150. The summed E-state index contributed by atoms with van der Waals surface area (Å²) in [4.78, 5) is 32.0. The Labute approximate surface area is 158 Å². The third-order valence-corrected chi connectivity index (χ3v) is 5.59. The Morgan fingerprint density at radius 3 is 2.81 bits per heavy atom. The van der Waals surface area contributed by atoms with Crippen LogP contribution in [0.5, 0.6) is 0 Å². The maximum Gasteiger partial charge on any atom is 0.276 e. The predicted molar refractivity (Wildman–Crippen MR) is 104 cm³/mol. The lowest BCUT2D eigenvalue weighted by atomic mass is 10.1. The molecule has 1 aliphatic rings. The van der Waals surface area contributed by atoms with Crippen LogP contribution in [0, 0.1) is 0 Å². The van der Waals surface area contributed by atoms with E-state index in [0.717, 1.165) is 11.3 Å². The van der Waals surface area contributed by atoms with Crippen LogP contribution in [0.4, 0.5) is 0 Å². The second-order valence-electron chi connectivity index (χ2n) is 6.56. The van der Waals surface area contributed by atoms with E-state index in [2.05, 4.69) is 10.1 Å². The molecule has 0 aliphatic carbocycles. The molecule has 6 nitrogen and oxygen atoms in total. The average Bonchev–Trinajstić information content (AvgIpc) is 3.38. The van der Waals surface area contributed by atoms with Crippen LogP contribution in [0.15, 0.2) is 58.0 Å². The van der Waals surface area contributed by atoms with Gasteiger partial charge in [-0.25, -0.2) is 9.50 Å². The Balaban J connectivity index is 1.54. The van der Waals surface area contributed by atoms with Crippen LogP contribution in [0.25, 0.3) is 16.9 Å². The van der Waals surface area contributed by atoms with Gasteiger partial charge in [0.1, 0.15) is 0 Å². The molecular weight excluding hydrogens is 360 g/mol. The predicted octanol–water partition coefficient (Wildman–Crippen LogP) is 2.95. The van der Waals surface area contributed by atoms with Crippen LogP contribution < -0.4 is 5.56 Å². The summed E-state index contributed by atoms with van der Waals surface area (Å²) in [6.45, 7) is 0.887. The second-order valence-corrected chi connectivity index (χ2v) is 7.34. The van der Waals surface area contributed by atoms with Gasteiger partial charge in [0.2, 0.25) is 0 Å². The van der Waals surface area contributed by atoms with E-state index in [1.807, 2.05) is 53.2 Å². The van der Waals surface area contributed by atoms with E-state index in [-0.39, 0.29) is 11.5 Å². The summed E-state index contributed by atoms with van der Waals surface area (Å²) in [6.07, 6.45) is 0.514. The number of amides is 1. The molecule has 4 aromatic rings. The van der Waals surface area contributed by atoms with Gasteiger partial charge < -0.3 is 4.90 Å². The minimum absolute atomic E-state index is 0.0112. The van der Waals surface area contributed by atoms with Gasteiger partial charge in [-0.05, 0) is 23.4 Å². The normalized spacial score (nSPS) is 13.7. The molecule has 1 aromatic carbocycles. The van der Waals surface area contributed by atoms with Gasteiger partial charge in [-0.2, -0.15) is 11.3 Å². The standard InChI is InChI=1S/C20H16N4O2S/c25-19(14-7-9-27-12-14)23-8-6-15-17(11-23)21-18-10-16(22-24(18)20(15)26)13-4-2-1-3-5-13/h1-5,7,9-10,12,22H,6,8,11H2. The maximum atomic E-state index is 12.9. The number of carbonyl (C=O) groups excluding carboxylic acids is 1. The van der Waals surface area contributed by atoms with E-state index in [9.17, 15) is 9.59 Å². The number of benzene rings is 1. The number of hydrogen-bond donors (Lipinski definition) is 1. The second kappa shape index (κ2) is 6.21. The molecule has 5 rings (SSSR count). The Hall–Kier alpha value is -3.19. The monoisotopic (exact) mass is 376 g/mol. The number of aromatic nitrogens is 3. The zero-order chi connectivity index (χ0) is 18.4. The summed E-state index contributed by atoms with van der Waals surface area (Å²) in [7, 11) is 0. The summed E-state index contributed by atoms with van der Waals surface area (Å²) in [5.41, 5.74) is 4.39. The first-order chi connectivity index (χ1) is 13.2. The maximum absolute atomic E-state index is 12.9. The minimum atomic E-state index is -0.0835. The summed E-state index contributed by atoms with van der Waals surface area (Å²) in [5, 5.41) is 6.89. The lowest BCUT2D eigenvalue weighted by molar-refractivity contribution is 0.0732. The number of fused-ring (bicyclic) bond motifs is 2. The van der Waals surface area contributed by atoms with E-state index < -0.39 is 0 Å². The quantitative estimate of drug-likeness (QED) is 0.585. The number of rotatable bonds is 2. The van der Waals surface area contributed by atoms with E-state index in [4.69, 9.17) is 0 Å². The van der Waals surface area contributed by atoms with Gasteiger partial charge in [0.05, 0.1) is 23.5 Å².